The molecule has 0 aliphatic heterocycles. The highest BCUT2D eigenvalue weighted by Gasteiger charge is 1.95. The standard InChI is InChI=1S/C12H19N3O2/c1-2-3-4-5-8-17-12-7-6-11(9-13-12)14-10-15-16/h6-7,9-10,16H,2-5,8H2,1H3,(H,14,15). The van der Waals surface area contributed by atoms with Gasteiger partial charge in [-0.1, -0.05) is 26.2 Å². The van der Waals surface area contributed by atoms with Crippen LogP contribution in [-0.4, -0.2) is 23.1 Å². The van der Waals surface area contributed by atoms with Gasteiger partial charge in [-0.15, -0.1) is 0 Å². The third kappa shape index (κ3) is 5.87. The Hall–Kier alpha value is -1.62. The number of rotatable bonds is 8. The molecule has 0 aromatic carbocycles. The first-order valence-electron chi connectivity index (χ1n) is 5.88. The van der Waals surface area contributed by atoms with Gasteiger partial charge in [0.05, 0.1) is 18.5 Å². The van der Waals surface area contributed by atoms with Gasteiger partial charge in [-0.25, -0.2) is 9.98 Å². The van der Waals surface area contributed by atoms with Gasteiger partial charge in [-0.3, -0.25) is 10.7 Å². The molecular formula is C12H19N3O2. The van der Waals surface area contributed by atoms with Gasteiger partial charge in [-0.2, -0.15) is 0 Å². The number of aromatic nitrogens is 1. The van der Waals surface area contributed by atoms with Crippen LogP contribution < -0.4 is 10.2 Å². The lowest BCUT2D eigenvalue weighted by molar-refractivity contribution is 0.240. The molecule has 5 heteroatoms. The molecule has 1 aromatic heterocycles. The average molecular weight is 237 g/mol. The van der Waals surface area contributed by atoms with Gasteiger partial charge < -0.3 is 4.74 Å². The maximum Gasteiger partial charge on any atom is 0.213 e. The van der Waals surface area contributed by atoms with Crippen molar-refractivity contribution in [2.24, 2.45) is 4.99 Å². The van der Waals surface area contributed by atoms with Crippen LogP contribution in [0.4, 0.5) is 5.69 Å². The molecule has 1 heterocycles. The fourth-order valence-electron chi connectivity index (χ4n) is 1.34. The Bertz CT molecular complexity index is 325. The summed E-state index contributed by atoms with van der Waals surface area (Å²) in [5.41, 5.74) is 2.49. The lowest BCUT2D eigenvalue weighted by Crippen LogP contribution is -2.01. The summed E-state index contributed by atoms with van der Waals surface area (Å²) in [6.07, 6.45) is 7.50. The zero-order chi connectivity index (χ0) is 12.3. The molecule has 0 saturated heterocycles. The van der Waals surface area contributed by atoms with E-state index in [4.69, 9.17) is 9.94 Å². The third-order valence-corrected chi connectivity index (χ3v) is 2.24. The molecule has 1 rings (SSSR count). The van der Waals surface area contributed by atoms with Crippen LogP contribution in [0.3, 0.4) is 0 Å². The van der Waals surface area contributed by atoms with Crippen LogP contribution in [0.25, 0.3) is 0 Å². The highest BCUT2D eigenvalue weighted by Crippen LogP contribution is 2.14. The highest BCUT2D eigenvalue weighted by atomic mass is 16.5. The van der Waals surface area contributed by atoms with Crippen molar-refractivity contribution in [2.75, 3.05) is 6.61 Å². The van der Waals surface area contributed by atoms with E-state index in [1.807, 2.05) is 5.48 Å². The third-order valence-electron chi connectivity index (χ3n) is 2.24. The monoisotopic (exact) mass is 237 g/mol. The number of hydroxylamine groups is 1. The van der Waals surface area contributed by atoms with Crippen LogP contribution in [0.5, 0.6) is 5.88 Å². The van der Waals surface area contributed by atoms with Crippen LogP contribution in [0.1, 0.15) is 32.6 Å². The molecule has 17 heavy (non-hydrogen) atoms. The second kappa shape index (κ2) is 8.52. The zero-order valence-electron chi connectivity index (χ0n) is 10.1. The van der Waals surface area contributed by atoms with Crippen molar-refractivity contribution in [1.82, 2.24) is 10.5 Å². The van der Waals surface area contributed by atoms with E-state index in [9.17, 15) is 0 Å². The van der Waals surface area contributed by atoms with Crippen LogP contribution in [-0.2, 0) is 0 Å². The Morgan fingerprint density at radius 2 is 2.29 bits per heavy atom. The second-order valence-corrected chi connectivity index (χ2v) is 3.65. The van der Waals surface area contributed by atoms with Crippen LogP contribution in [0.2, 0.25) is 0 Å². The van der Waals surface area contributed by atoms with E-state index in [1.165, 1.54) is 25.6 Å². The summed E-state index contributed by atoms with van der Waals surface area (Å²) >= 11 is 0. The van der Waals surface area contributed by atoms with E-state index in [1.54, 1.807) is 18.3 Å². The minimum Gasteiger partial charge on any atom is -0.478 e. The van der Waals surface area contributed by atoms with Gasteiger partial charge >= 0.3 is 0 Å². The SMILES string of the molecule is CCCCCCOc1ccc(N=CNO)cn1. The molecule has 0 radical (unpaired) electrons. The molecule has 0 aliphatic rings. The summed E-state index contributed by atoms with van der Waals surface area (Å²) in [6, 6.07) is 3.55. The molecule has 1 aromatic rings. The normalized spacial score (nSPS) is 10.7. The van der Waals surface area contributed by atoms with Gasteiger partial charge in [0.1, 0.15) is 6.34 Å². The average Bonchev–Trinajstić information content (AvgIpc) is 2.37. The number of aliphatic imine (C=N–C) groups is 1. The Balaban J connectivity index is 2.28. The molecule has 0 spiro atoms. The van der Waals surface area contributed by atoms with Gasteiger partial charge in [0.2, 0.25) is 5.88 Å². The maximum absolute atomic E-state index is 8.32. The van der Waals surface area contributed by atoms with Gasteiger partial charge in [-0.05, 0) is 12.5 Å². The summed E-state index contributed by atoms with van der Waals surface area (Å²) in [6.45, 7) is 2.89. The molecule has 0 amide bonds. The molecule has 0 saturated carbocycles. The van der Waals surface area contributed by atoms with Crippen molar-refractivity contribution in [3.63, 3.8) is 0 Å². The van der Waals surface area contributed by atoms with Crippen molar-refractivity contribution in [3.8, 4) is 5.88 Å². The number of hydrogen-bond acceptors (Lipinski definition) is 4. The van der Waals surface area contributed by atoms with Crippen molar-refractivity contribution in [3.05, 3.63) is 18.3 Å². The Morgan fingerprint density at radius 3 is 2.94 bits per heavy atom. The first kappa shape index (κ1) is 13.4. The highest BCUT2D eigenvalue weighted by molar-refractivity contribution is 5.59. The van der Waals surface area contributed by atoms with Gasteiger partial charge in [0.15, 0.2) is 0 Å². The number of hydrogen-bond donors (Lipinski definition) is 2. The summed E-state index contributed by atoms with van der Waals surface area (Å²) in [4.78, 5) is 7.99. The quantitative estimate of drug-likeness (QED) is 0.316. The number of nitrogens with zero attached hydrogens (tertiary/aromatic N) is 2. The number of unbranched alkanes of at least 4 members (excludes halogenated alkanes) is 3. The number of pyridine rings is 1. The van der Waals surface area contributed by atoms with E-state index >= 15 is 0 Å². The lowest BCUT2D eigenvalue weighted by atomic mass is 10.2. The Labute approximate surface area is 102 Å². The second-order valence-electron chi connectivity index (χ2n) is 3.65. The maximum atomic E-state index is 8.32. The minimum atomic E-state index is 0.609. The molecule has 0 unspecified atom stereocenters. The van der Waals surface area contributed by atoms with Gasteiger partial charge in [0.25, 0.3) is 0 Å². The first-order valence-corrected chi connectivity index (χ1v) is 5.88. The summed E-state index contributed by atoms with van der Waals surface area (Å²) < 4.78 is 5.48. The van der Waals surface area contributed by atoms with E-state index in [2.05, 4.69) is 16.9 Å². The van der Waals surface area contributed by atoms with Crippen LogP contribution in [0, 0.1) is 0 Å². The molecule has 2 N–H and O–H groups in total. The Kier molecular flexibility index (Phi) is 6.74. The molecular weight excluding hydrogens is 218 g/mol. The van der Waals surface area contributed by atoms with Crippen LogP contribution in [0.15, 0.2) is 23.3 Å². The molecule has 5 nitrogen and oxygen atoms in total. The zero-order valence-corrected chi connectivity index (χ0v) is 10.1. The molecule has 0 aliphatic carbocycles. The summed E-state index contributed by atoms with van der Waals surface area (Å²) in [7, 11) is 0. The predicted octanol–water partition coefficient (Wildman–Crippen LogP) is 2.68. The van der Waals surface area contributed by atoms with E-state index in [0.717, 1.165) is 6.42 Å². The predicted molar refractivity (Wildman–Crippen MR) is 66.9 cm³/mol. The summed E-state index contributed by atoms with van der Waals surface area (Å²) in [5.74, 6) is 0.609. The number of nitrogens with one attached hydrogen (secondary N) is 1. The summed E-state index contributed by atoms with van der Waals surface area (Å²) in [5, 5.41) is 8.32. The van der Waals surface area contributed by atoms with E-state index in [0.29, 0.717) is 18.2 Å². The smallest absolute Gasteiger partial charge is 0.213 e. The van der Waals surface area contributed by atoms with Gasteiger partial charge in [0, 0.05) is 6.07 Å². The van der Waals surface area contributed by atoms with E-state index < -0.39 is 0 Å². The molecule has 0 bridgehead atoms. The topological polar surface area (TPSA) is 66.7 Å². The molecule has 94 valence electrons. The fraction of sp³-hybridized carbons (Fsp3) is 0.500. The number of ether oxygens (including phenoxy) is 1. The molecule has 0 fully saturated rings. The van der Waals surface area contributed by atoms with Crippen molar-refractivity contribution in [2.45, 2.75) is 32.6 Å². The van der Waals surface area contributed by atoms with Crippen LogP contribution >= 0.6 is 0 Å². The largest absolute Gasteiger partial charge is 0.478 e. The fourth-order valence-corrected chi connectivity index (χ4v) is 1.34. The van der Waals surface area contributed by atoms with Crippen molar-refractivity contribution in [1.29, 1.82) is 0 Å². The first-order chi connectivity index (χ1) is 8.36. The Morgan fingerprint density at radius 1 is 1.41 bits per heavy atom. The molecule has 0 atom stereocenters. The van der Waals surface area contributed by atoms with Crippen molar-refractivity contribution >= 4 is 12.0 Å². The lowest BCUT2D eigenvalue weighted by Gasteiger charge is -2.04. The minimum absolute atomic E-state index is 0.609. The van der Waals surface area contributed by atoms with Crippen molar-refractivity contribution < 1.29 is 9.94 Å². The van der Waals surface area contributed by atoms with E-state index in [-0.39, 0.29) is 0 Å².